The average molecular weight is 565 g/mol. The van der Waals surface area contributed by atoms with Gasteiger partial charge in [0.25, 0.3) is 0 Å². The monoisotopic (exact) mass is 564 g/mol. The molecule has 1 aromatic heterocycles. The third-order valence-electron chi connectivity index (χ3n) is 8.35. The fraction of sp³-hybridized carbons (Fsp3) is 0. The minimum absolute atomic E-state index is 1.24. The van der Waals surface area contributed by atoms with Crippen molar-refractivity contribution in [3.8, 4) is 54.3 Å². The maximum Gasteiger partial charge on any atom is 0.0349 e. The molecular formula is C42H28S. The second kappa shape index (κ2) is 10.9. The smallest absolute Gasteiger partial charge is 0.0349 e. The van der Waals surface area contributed by atoms with E-state index in [0.717, 1.165) is 0 Å². The van der Waals surface area contributed by atoms with E-state index < -0.39 is 0 Å². The van der Waals surface area contributed by atoms with Crippen molar-refractivity contribution in [2.24, 2.45) is 0 Å². The summed E-state index contributed by atoms with van der Waals surface area (Å²) in [6.07, 6.45) is 0. The van der Waals surface area contributed by atoms with E-state index in [9.17, 15) is 0 Å². The maximum atomic E-state index is 2.28. The van der Waals surface area contributed by atoms with Crippen molar-refractivity contribution in [1.29, 1.82) is 0 Å². The Morgan fingerprint density at radius 3 is 1.37 bits per heavy atom. The van der Waals surface area contributed by atoms with Crippen LogP contribution in [0.5, 0.6) is 0 Å². The Hall–Kier alpha value is -5.24. The van der Waals surface area contributed by atoms with Crippen molar-refractivity contribution in [2.75, 3.05) is 0 Å². The molecule has 0 fully saturated rings. The van der Waals surface area contributed by atoms with Gasteiger partial charge in [-0.05, 0) is 84.3 Å². The highest BCUT2D eigenvalue weighted by molar-refractivity contribution is 7.18. The van der Waals surface area contributed by atoms with Crippen molar-refractivity contribution in [3.05, 3.63) is 170 Å². The maximum absolute atomic E-state index is 2.28. The van der Waals surface area contributed by atoms with Gasteiger partial charge in [0, 0.05) is 9.75 Å². The molecule has 0 spiro atoms. The molecule has 0 saturated carbocycles. The Balaban J connectivity index is 1.06. The predicted octanol–water partition coefficient (Wildman–Crippen LogP) is 12.4. The van der Waals surface area contributed by atoms with E-state index in [1.165, 1.54) is 75.8 Å². The molecule has 8 aromatic rings. The SMILES string of the molecule is c1ccc(-c2ccc(-c3ccc(-c4ccc(-c5ccc(-c6ccc7ccccc7c6)cc5)s4)cc3)c3ccccc23)cc1. The number of rotatable bonds is 5. The first-order valence-electron chi connectivity index (χ1n) is 14.7. The lowest BCUT2D eigenvalue weighted by Gasteiger charge is -2.12. The van der Waals surface area contributed by atoms with Crippen LogP contribution in [0, 0.1) is 0 Å². The van der Waals surface area contributed by atoms with Crippen LogP contribution in [0.3, 0.4) is 0 Å². The van der Waals surface area contributed by atoms with E-state index in [4.69, 9.17) is 0 Å². The zero-order valence-electron chi connectivity index (χ0n) is 23.6. The van der Waals surface area contributed by atoms with Gasteiger partial charge in [-0.15, -0.1) is 11.3 Å². The summed E-state index contributed by atoms with van der Waals surface area (Å²) in [5.41, 5.74) is 10.0. The van der Waals surface area contributed by atoms with Gasteiger partial charge in [-0.1, -0.05) is 152 Å². The molecule has 0 unspecified atom stereocenters. The largest absolute Gasteiger partial charge is 0.135 e. The highest BCUT2D eigenvalue weighted by Gasteiger charge is 2.11. The van der Waals surface area contributed by atoms with E-state index in [0.29, 0.717) is 0 Å². The third-order valence-corrected chi connectivity index (χ3v) is 9.53. The molecule has 7 aromatic carbocycles. The van der Waals surface area contributed by atoms with Crippen LogP contribution in [0.25, 0.3) is 75.8 Å². The van der Waals surface area contributed by atoms with Gasteiger partial charge < -0.3 is 0 Å². The normalized spacial score (nSPS) is 11.3. The fourth-order valence-electron chi connectivity index (χ4n) is 6.08. The van der Waals surface area contributed by atoms with Crippen LogP contribution in [0.15, 0.2) is 170 Å². The number of benzene rings is 7. The van der Waals surface area contributed by atoms with Gasteiger partial charge in [0.15, 0.2) is 0 Å². The molecule has 0 aliphatic heterocycles. The first-order chi connectivity index (χ1) is 21.3. The molecular weight excluding hydrogens is 537 g/mol. The lowest BCUT2D eigenvalue weighted by atomic mass is 9.92. The molecule has 1 heteroatoms. The van der Waals surface area contributed by atoms with Gasteiger partial charge in [0.2, 0.25) is 0 Å². The molecule has 43 heavy (non-hydrogen) atoms. The van der Waals surface area contributed by atoms with Gasteiger partial charge in [0.1, 0.15) is 0 Å². The van der Waals surface area contributed by atoms with Crippen molar-refractivity contribution in [2.45, 2.75) is 0 Å². The standard InChI is InChI=1S/C42H28S/c1-2-9-31(10-3-1)37-24-25-38(40-13-7-6-12-39(37)40)32-17-21-34(22-18-32)42-27-26-41(43-42)33-19-14-30(15-20-33)36-23-16-29-8-4-5-11-35(29)28-36/h1-28H. The Labute approximate surface area is 256 Å². The predicted molar refractivity (Wildman–Crippen MR) is 187 cm³/mol. The molecule has 0 aliphatic carbocycles. The number of thiophene rings is 1. The second-order valence-corrected chi connectivity index (χ2v) is 12.0. The molecule has 0 atom stereocenters. The fourth-order valence-corrected chi connectivity index (χ4v) is 7.10. The molecule has 8 rings (SSSR count). The quantitative estimate of drug-likeness (QED) is 0.195. The van der Waals surface area contributed by atoms with Crippen LogP contribution >= 0.6 is 11.3 Å². The number of hydrogen-bond donors (Lipinski definition) is 0. The summed E-state index contributed by atoms with van der Waals surface area (Å²) < 4.78 is 0. The van der Waals surface area contributed by atoms with Crippen molar-refractivity contribution >= 4 is 32.9 Å². The Bertz CT molecular complexity index is 2200. The lowest BCUT2D eigenvalue weighted by molar-refractivity contribution is 1.62. The molecule has 0 saturated heterocycles. The molecule has 0 aliphatic rings. The number of hydrogen-bond acceptors (Lipinski definition) is 1. The molecule has 0 radical (unpaired) electrons. The second-order valence-electron chi connectivity index (χ2n) is 11.0. The topological polar surface area (TPSA) is 0 Å². The molecule has 0 nitrogen and oxygen atoms in total. The van der Waals surface area contributed by atoms with Crippen molar-refractivity contribution < 1.29 is 0 Å². The van der Waals surface area contributed by atoms with E-state index in [1.54, 1.807) is 0 Å². The van der Waals surface area contributed by atoms with Crippen molar-refractivity contribution in [3.63, 3.8) is 0 Å². The van der Waals surface area contributed by atoms with Gasteiger partial charge in [0.05, 0.1) is 0 Å². The van der Waals surface area contributed by atoms with Crippen molar-refractivity contribution in [1.82, 2.24) is 0 Å². The van der Waals surface area contributed by atoms with E-state index in [1.807, 2.05) is 11.3 Å². The Morgan fingerprint density at radius 2 is 0.744 bits per heavy atom. The van der Waals surface area contributed by atoms with Crippen LogP contribution in [0.1, 0.15) is 0 Å². The lowest BCUT2D eigenvalue weighted by Crippen LogP contribution is -1.86. The van der Waals surface area contributed by atoms with Gasteiger partial charge in [-0.25, -0.2) is 0 Å². The van der Waals surface area contributed by atoms with Crippen LogP contribution in [0.4, 0.5) is 0 Å². The van der Waals surface area contributed by atoms with Crippen LogP contribution in [0.2, 0.25) is 0 Å². The summed E-state index contributed by atoms with van der Waals surface area (Å²) in [5.74, 6) is 0. The van der Waals surface area contributed by atoms with E-state index >= 15 is 0 Å². The summed E-state index contributed by atoms with van der Waals surface area (Å²) in [4.78, 5) is 2.57. The average Bonchev–Trinajstić information content (AvgIpc) is 3.59. The molecule has 0 bridgehead atoms. The zero-order valence-corrected chi connectivity index (χ0v) is 24.4. The summed E-state index contributed by atoms with van der Waals surface area (Å²) in [6, 6.07) is 61.6. The highest BCUT2D eigenvalue weighted by Crippen LogP contribution is 2.39. The van der Waals surface area contributed by atoms with Crippen LogP contribution in [-0.2, 0) is 0 Å². The third kappa shape index (κ3) is 4.84. The Kier molecular flexibility index (Phi) is 6.44. The molecule has 1 heterocycles. The molecule has 202 valence electrons. The summed E-state index contributed by atoms with van der Waals surface area (Å²) >= 11 is 1.85. The van der Waals surface area contributed by atoms with Gasteiger partial charge in [-0.2, -0.15) is 0 Å². The van der Waals surface area contributed by atoms with Gasteiger partial charge in [-0.3, -0.25) is 0 Å². The van der Waals surface area contributed by atoms with Crippen LogP contribution < -0.4 is 0 Å². The first-order valence-corrected chi connectivity index (χ1v) is 15.5. The van der Waals surface area contributed by atoms with E-state index in [2.05, 4.69) is 170 Å². The highest BCUT2D eigenvalue weighted by atomic mass is 32.1. The number of fused-ring (bicyclic) bond motifs is 2. The summed E-state index contributed by atoms with van der Waals surface area (Å²) in [6.45, 7) is 0. The molecule has 0 amide bonds. The minimum Gasteiger partial charge on any atom is -0.135 e. The first kappa shape index (κ1) is 25.5. The Morgan fingerprint density at radius 1 is 0.279 bits per heavy atom. The van der Waals surface area contributed by atoms with Crippen LogP contribution in [-0.4, -0.2) is 0 Å². The summed E-state index contributed by atoms with van der Waals surface area (Å²) in [7, 11) is 0. The zero-order chi connectivity index (χ0) is 28.6. The van der Waals surface area contributed by atoms with Gasteiger partial charge >= 0.3 is 0 Å². The molecule has 0 N–H and O–H groups in total. The summed E-state index contributed by atoms with van der Waals surface area (Å²) in [5, 5.41) is 5.11. The van der Waals surface area contributed by atoms with E-state index in [-0.39, 0.29) is 0 Å². The minimum atomic E-state index is 1.24.